The molecule has 1 N–H and O–H groups in total. The average molecular weight is 558 g/mol. The van der Waals surface area contributed by atoms with Crippen molar-refractivity contribution in [3.05, 3.63) is 53.6 Å². The Morgan fingerprint density at radius 3 is 2.44 bits per heavy atom. The smallest absolute Gasteiger partial charge is 0.244 e. The number of carbonyl (C=O) groups excluding carboxylic acids is 2. The van der Waals surface area contributed by atoms with Gasteiger partial charge in [-0.1, -0.05) is 50.5 Å². The lowest BCUT2D eigenvalue weighted by Crippen LogP contribution is -2.54. The van der Waals surface area contributed by atoms with E-state index in [1.807, 2.05) is 38.1 Å². The molecular formula is C29H39N3O6S. The fraction of sp³-hybridized carbons (Fsp3) is 0.517. The zero-order valence-electron chi connectivity index (χ0n) is 23.0. The van der Waals surface area contributed by atoms with Crippen molar-refractivity contribution in [1.82, 2.24) is 10.2 Å². The van der Waals surface area contributed by atoms with E-state index < -0.39 is 28.5 Å². The Kier molecular flexibility index (Phi) is 9.37. The number of nitrogens with zero attached hydrogens (tertiary/aromatic N) is 2. The Balaban J connectivity index is 1.65. The summed E-state index contributed by atoms with van der Waals surface area (Å²) < 4.78 is 38.3. The van der Waals surface area contributed by atoms with Crippen LogP contribution in [0.25, 0.3) is 0 Å². The highest BCUT2D eigenvalue weighted by Gasteiger charge is 2.34. The van der Waals surface area contributed by atoms with E-state index in [2.05, 4.69) is 5.32 Å². The molecule has 0 aromatic heterocycles. The van der Waals surface area contributed by atoms with E-state index in [0.717, 1.165) is 41.1 Å². The molecule has 2 amide bonds. The van der Waals surface area contributed by atoms with Crippen molar-refractivity contribution in [2.45, 2.75) is 77.9 Å². The lowest BCUT2D eigenvalue weighted by atomic mass is 9.95. The lowest BCUT2D eigenvalue weighted by Gasteiger charge is -2.34. The fourth-order valence-electron chi connectivity index (χ4n) is 5.19. The van der Waals surface area contributed by atoms with Crippen molar-refractivity contribution >= 4 is 27.5 Å². The van der Waals surface area contributed by atoms with Gasteiger partial charge in [0, 0.05) is 18.7 Å². The van der Waals surface area contributed by atoms with E-state index in [9.17, 15) is 18.0 Å². The van der Waals surface area contributed by atoms with Crippen LogP contribution in [-0.4, -0.2) is 56.3 Å². The minimum Gasteiger partial charge on any atom is -0.454 e. The molecule has 0 saturated heterocycles. The summed E-state index contributed by atoms with van der Waals surface area (Å²) in [5, 5.41) is 3.17. The molecule has 1 fully saturated rings. The molecule has 1 aliphatic carbocycles. The van der Waals surface area contributed by atoms with Crippen molar-refractivity contribution in [3.8, 4) is 11.5 Å². The molecule has 10 heteroatoms. The number of benzene rings is 2. The summed E-state index contributed by atoms with van der Waals surface area (Å²) >= 11 is 0. The first-order valence-corrected chi connectivity index (χ1v) is 15.4. The highest BCUT2D eigenvalue weighted by molar-refractivity contribution is 7.92. The minimum absolute atomic E-state index is 0.0523. The highest BCUT2D eigenvalue weighted by Crippen LogP contribution is 2.36. The third-order valence-corrected chi connectivity index (χ3v) is 9.30. The Morgan fingerprint density at radius 1 is 1.03 bits per heavy atom. The molecule has 0 bridgehead atoms. The van der Waals surface area contributed by atoms with E-state index >= 15 is 0 Å². The Morgan fingerprint density at radius 2 is 1.74 bits per heavy atom. The molecule has 2 aliphatic rings. The third-order valence-electron chi connectivity index (χ3n) is 7.56. The monoisotopic (exact) mass is 557 g/mol. The molecule has 1 atom stereocenters. The van der Waals surface area contributed by atoms with Gasteiger partial charge in [-0.05, 0) is 56.4 Å². The second kappa shape index (κ2) is 12.7. The van der Waals surface area contributed by atoms with Gasteiger partial charge >= 0.3 is 0 Å². The van der Waals surface area contributed by atoms with Crippen LogP contribution in [0.15, 0.2) is 42.5 Å². The Bertz CT molecular complexity index is 1280. The van der Waals surface area contributed by atoms with Crippen LogP contribution in [0.3, 0.4) is 0 Å². The van der Waals surface area contributed by atoms with Crippen molar-refractivity contribution in [2.24, 2.45) is 0 Å². The van der Waals surface area contributed by atoms with Gasteiger partial charge in [0.25, 0.3) is 0 Å². The van der Waals surface area contributed by atoms with Gasteiger partial charge in [-0.15, -0.1) is 0 Å². The molecule has 2 aromatic carbocycles. The van der Waals surface area contributed by atoms with Crippen LogP contribution >= 0.6 is 0 Å². The molecule has 0 radical (unpaired) electrons. The first-order chi connectivity index (χ1) is 18.7. The largest absolute Gasteiger partial charge is 0.454 e. The van der Waals surface area contributed by atoms with Crippen LogP contribution in [0.5, 0.6) is 11.5 Å². The highest BCUT2D eigenvalue weighted by atomic mass is 32.2. The van der Waals surface area contributed by atoms with Gasteiger partial charge in [-0.3, -0.25) is 13.9 Å². The van der Waals surface area contributed by atoms with Crippen LogP contribution in [0.1, 0.15) is 63.5 Å². The van der Waals surface area contributed by atoms with Gasteiger partial charge in [-0.2, -0.15) is 0 Å². The van der Waals surface area contributed by atoms with Gasteiger partial charge < -0.3 is 19.7 Å². The van der Waals surface area contributed by atoms with Crippen LogP contribution in [-0.2, 0) is 26.2 Å². The number of nitrogens with one attached hydrogen (secondary N) is 1. The first kappa shape index (κ1) is 28.7. The normalized spacial score (nSPS) is 16.0. The number of hydrogen-bond donors (Lipinski definition) is 1. The standard InChI is InChI=1S/C29H39N3O6S/c1-4-25(29(34)30-23-13-7-6-8-14-23)31(18-22-12-10-9-11-21(22)3)28(33)19-32(39(35,36)5-2)24-15-16-26-27(17-24)38-20-37-26/h9-12,15-17,23,25H,4-8,13-14,18-20H2,1-3H3,(H,30,34)/t25-/m1/s1. The number of anilines is 1. The molecule has 1 saturated carbocycles. The molecule has 212 valence electrons. The number of amides is 2. The van der Waals surface area contributed by atoms with E-state index in [4.69, 9.17) is 9.47 Å². The summed E-state index contributed by atoms with van der Waals surface area (Å²) in [7, 11) is -3.83. The van der Waals surface area contributed by atoms with Crippen molar-refractivity contribution < 1.29 is 27.5 Å². The minimum atomic E-state index is -3.83. The van der Waals surface area contributed by atoms with Gasteiger partial charge in [0.1, 0.15) is 12.6 Å². The van der Waals surface area contributed by atoms with E-state index in [1.165, 1.54) is 18.2 Å². The van der Waals surface area contributed by atoms with Crippen molar-refractivity contribution in [3.63, 3.8) is 0 Å². The first-order valence-electron chi connectivity index (χ1n) is 13.8. The molecular weight excluding hydrogens is 518 g/mol. The number of ether oxygens (including phenoxy) is 2. The molecule has 0 unspecified atom stereocenters. The number of rotatable bonds is 11. The van der Waals surface area contributed by atoms with Gasteiger partial charge in [-0.25, -0.2) is 8.42 Å². The molecule has 4 rings (SSSR count). The molecule has 1 heterocycles. The lowest BCUT2D eigenvalue weighted by molar-refractivity contribution is -0.140. The van der Waals surface area contributed by atoms with Crippen LogP contribution in [0.2, 0.25) is 0 Å². The maximum absolute atomic E-state index is 14.0. The second-order valence-electron chi connectivity index (χ2n) is 10.2. The van der Waals surface area contributed by atoms with Crippen molar-refractivity contribution in [2.75, 3.05) is 23.4 Å². The topological polar surface area (TPSA) is 105 Å². The molecule has 39 heavy (non-hydrogen) atoms. The van der Waals surface area contributed by atoms with E-state index in [1.54, 1.807) is 18.2 Å². The Hall–Kier alpha value is -3.27. The maximum Gasteiger partial charge on any atom is 0.244 e. The summed E-state index contributed by atoms with van der Waals surface area (Å²) in [6.07, 6.45) is 5.59. The number of aryl methyl sites for hydroxylation is 1. The van der Waals surface area contributed by atoms with Crippen molar-refractivity contribution in [1.29, 1.82) is 0 Å². The van der Waals surface area contributed by atoms with Crippen LogP contribution in [0.4, 0.5) is 5.69 Å². The summed E-state index contributed by atoms with van der Waals surface area (Å²) in [5.41, 5.74) is 2.21. The SMILES string of the molecule is CC[C@H](C(=O)NC1CCCCC1)N(Cc1ccccc1C)C(=O)CN(c1ccc2c(c1)OCO2)S(=O)(=O)CC. The maximum atomic E-state index is 14.0. The zero-order chi connectivity index (χ0) is 28.0. The third kappa shape index (κ3) is 6.84. The number of hydrogen-bond acceptors (Lipinski definition) is 6. The van der Waals surface area contributed by atoms with Crippen LogP contribution in [0, 0.1) is 6.92 Å². The molecule has 9 nitrogen and oxygen atoms in total. The predicted molar refractivity (Wildman–Crippen MR) is 150 cm³/mol. The molecule has 1 aliphatic heterocycles. The van der Waals surface area contributed by atoms with E-state index in [-0.39, 0.29) is 31.0 Å². The Labute approximate surface area is 231 Å². The number of carbonyl (C=O) groups is 2. The zero-order valence-corrected chi connectivity index (χ0v) is 23.8. The summed E-state index contributed by atoms with van der Waals surface area (Å²) in [6, 6.07) is 11.9. The number of fused-ring (bicyclic) bond motifs is 1. The van der Waals surface area contributed by atoms with E-state index in [0.29, 0.717) is 23.6 Å². The second-order valence-corrected chi connectivity index (χ2v) is 12.3. The molecule has 2 aromatic rings. The summed E-state index contributed by atoms with van der Waals surface area (Å²) in [6.45, 7) is 5.19. The van der Waals surface area contributed by atoms with Gasteiger partial charge in [0.15, 0.2) is 11.5 Å². The summed E-state index contributed by atoms with van der Waals surface area (Å²) in [4.78, 5) is 29.1. The van der Waals surface area contributed by atoms with Gasteiger partial charge in [0.05, 0.1) is 11.4 Å². The summed E-state index contributed by atoms with van der Waals surface area (Å²) in [5.74, 6) is 0.112. The van der Waals surface area contributed by atoms with Crippen LogP contribution < -0.4 is 19.1 Å². The molecule has 0 spiro atoms. The fourth-order valence-corrected chi connectivity index (χ4v) is 6.25. The predicted octanol–water partition coefficient (Wildman–Crippen LogP) is 4.14. The number of sulfonamides is 1. The quantitative estimate of drug-likeness (QED) is 0.445. The average Bonchev–Trinajstić information content (AvgIpc) is 3.41. The van der Waals surface area contributed by atoms with Gasteiger partial charge in [0.2, 0.25) is 28.6 Å².